The second-order valence-corrected chi connectivity index (χ2v) is 7.04. The van der Waals surface area contributed by atoms with Crippen LogP contribution in [0.4, 0.5) is 10.5 Å². The Labute approximate surface area is 164 Å². The number of benzene rings is 1. The number of para-hydroxylation sites is 2. The van der Waals surface area contributed by atoms with Gasteiger partial charge in [0.2, 0.25) is 0 Å². The van der Waals surface area contributed by atoms with Crippen LogP contribution in [0, 0.1) is 6.92 Å². The third-order valence-corrected chi connectivity index (χ3v) is 4.94. The molecule has 2 aromatic heterocycles. The van der Waals surface area contributed by atoms with Crippen LogP contribution in [0.15, 0.2) is 36.5 Å². The second-order valence-electron chi connectivity index (χ2n) is 7.04. The van der Waals surface area contributed by atoms with E-state index in [1.165, 1.54) is 12.8 Å². The zero-order valence-electron chi connectivity index (χ0n) is 16.1. The number of amides is 2. The number of nitrogens with one attached hydrogen (secondary N) is 2. The summed E-state index contributed by atoms with van der Waals surface area (Å²) in [6, 6.07) is 9.29. The molecule has 2 amide bonds. The fourth-order valence-corrected chi connectivity index (χ4v) is 3.51. The molecule has 0 fully saturated rings. The van der Waals surface area contributed by atoms with Gasteiger partial charge in [0.05, 0.1) is 17.1 Å². The van der Waals surface area contributed by atoms with E-state index in [0.717, 1.165) is 42.4 Å². The Balaban J connectivity index is 1.35. The third kappa shape index (κ3) is 4.05. The van der Waals surface area contributed by atoms with Crippen LogP contribution in [-0.4, -0.2) is 37.1 Å². The molecule has 1 aliphatic rings. The van der Waals surface area contributed by atoms with E-state index in [-0.39, 0.29) is 6.03 Å². The molecular formula is C20H25N7O. The van der Waals surface area contributed by atoms with Gasteiger partial charge in [0.15, 0.2) is 0 Å². The van der Waals surface area contributed by atoms with E-state index in [4.69, 9.17) is 0 Å². The fraction of sp³-hybridized carbons (Fsp3) is 0.400. The first-order chi connectivity index (χ1) is 13.7. The Hall–Kier alpha value is -3.16. The highest BCUT2D eigenvalue weighted by Crippen LogP contribution is 2.19. The number of urea groups is 1. The largest absolute Gasteiger partial charge is 0.337 e. The molecule has 1 aliphatic heterocycles. The van der Waals surface area contributed by atoms with Gasteiger partial charge in [-0.15, -0.1) is 10.2 Å². The molecule has 0 saturated carbocycles. The van der Waals surface area contributed by atoms with Gasteiger partial charge in [0.25, 0.3) is 0 Å². The molecule has 0 unspecified atom stereocenters. The number of aryl methyl sites for hydroxylation is 2. The summed E-state index contributed by atoms with van der Waals surface area (Å²) in [5.74, 6) is 2.02. The van der Waals surface area contributed by atoms with Gasteiger partial charge in [-0.25, -0.2) is 9.48 Å². The van der Waals surface area contributed by atoms with Gasteiger partial charge in [0, 0.05) is 32.1 Å². The molecule has 3 aromatic rings. The fourth-order valence-electron chi connectivity index (χ4n) is 3.51. The molecule has 0 spiro atoms. The van der Waals surface area contributed by atoms with Crippen molar-refractivity contribution in [2.75, 3.05) is 11.9 Å². The number of rotatable bonds is 5. The Morgan fingerprint density at radius 1 is 1.14 bits per heavy atom. The van der Waals surface area contributed by atoms with Gasteiger partial charge < -0.3 is 15.2 Å². The summed E-state index contributed by atoms with van der Waals surface area (Å²) in [4.78, 5) is 12.4. The maximum absolute atomic E-state index is 12.4. The predicted octanol–water partition coefficient (Wildman–Crippen LogP) is 2.86. The Kier molecular flexibility index (Phi) is 5.36. The molecule has 0 saturated heterocycles. The summed E-state index contributed by atoms with van der Waals surface area (Å²) in [5.41, 5.74) is 2.46. The summed E-state index contributed by atoms with van der Waals surface area (Å²) in [7, 11) is 0. The van der Waals surface area contributed by atoms with Crippen molar-refractivity contribution in [2.24, 2.45) is 0 Å². The first-order valence-electron chi connectivity index (χ1n) is 9.78. The highest BCUT2D eigenvalue weighted by atomic mass is 16.2. The maximum Gasteiger partial charge on any atom is 0.319 e. The molecule has 28 heavy (non-hydrogen) atoms. The van der Waals surface area contributed by atoms with Crippen molar-refractivity contribution in [3.8, 4) is 5.69 Å². The van der Waals surface area contributed by atoms with E-state index in [1.807, 2.05) is 43.5 Å². The smallest absolute Gasteiger partial charge is 0.319 e. The zero-order chi connectivity index (χ0) is 19.3. The van der Waals surface area contributed by atoms with Crippen molar-refractivity contribution in [1.82, 2.24) is 29.9 Å². The van der Waals surface area contributed by atoms with Crippen LogP contribution in [0.1, 0.15) is 36.6 Å². The molecule has 146 valence electrons. The van der Waals surface area contributed by atoms with E-state index in [2.05, 4.69) is 30.5 Å². The lowest BCUT2D eigenvalue weighted by Gasteiger charge is -2.12. The quantitative estimate of drug-likeness (QED) is 0.713. The van der Waals surface area contributed by atoms with Crippen LogP contribution in [0.2, 0.25) is 0 Å². The van der Waals surface area contributed by atoms with Crippen LogP contribution in [0.5, 0.6) is 0 Å². The molecule has 0 bridgehead atoms. The average molecular weight is 379 g/mol. The van der Waals surface area contributed by atoms with Gasteiger partial charge in [-0.3, -0.25) is 0 Å². The van der Waals surface area contributed by atoms with E-state index < -0.39 is 0 Å². The lowest BCUT2D eigenvalue weighted by Crippen LogP contribution is -2.31. The predicted molar refractivity (Wildman–Crippen MR) is 107 cm³/mol. The summed E-state index contributed by atoms with van der Waals surface area (Å²) in [6.45, 7) is 3.41. The number of nitrogens with zero attached hydrogens (tertiary/aromatic N) is 5. The minimum absolute atomic E-state index is 0.244. The molecule has 0 radical (unpaired) electrons. The zero-order valence-corrected chi connectivity index (χ0v) is 16.1. The normalized spacial score (nSPS) is 13.6. The molecule has 2 N–H and O–H groups in total. The minimum atomic E-state index is -0.244. The van der Waals surface area contributed by atoms with Crippen molar-refractivity contribution < 1.29 is 4.79 Å². The standard InChI is InChI=1S/C20H25N7O/c1-15-11-14-27(25-15)17-8-5-4-7-16(17)22-20(28)21-12-10-19-24-23-18-9-3-2-6-13-26(18)19/h4-5,7-8,11,14H,2-3,6,9-10,12-13H2,1H3,(H2,21,22,28). The summed E-state index contributed by atoms with van der Waals surface area (Å²) in [5, 5.41) is 18.9. The minimum Gasteiger partial charge on any atom is -0.337 e. The second kappa shape index (κ2) is 8.24. The van der Waals surface area contributed by atoms with Crippen molar-refractivity contribution in [3.05, 3.63) is 53.9 Å². The molecular weight excluding hydrogens is 354 g/mol. The molecule has 0 atom stereocenters. The van der Waals surface area contributed by atoms with Gasteiger partial charge in [-0.05, 0) is 38.0 Å². The van der Waals surface area contributed by atoms with E-state index in [1.54, 1.807) is 4.68 Å². The van der Waals surface area contributed by atoms with E-state index >= 15 is 0 Å². The molecule has 8 nitrogen and oxygen atoms in total. The lowest BCUT2D eigenvalue weighted by molar-refractivity contribution is 0.252. The van der Waals surface area contributed by atoms with Crippen molar-refractivity contribution in [3.63, 3.8) is 0 Å². The first-order valence-corrected chi connectivity index (χ1v) is 9.78. The number of aromatic nitrogens is 5. The highest BCUT2D eigenvalue weighted by molar-refractivity contribution is 5.91. The number of hydrogen-bond acceptors (Lipinski definition) is 4. The number of carbonyl (C=O) groups excluding carboxylic acids is 1. The summed E-state index contributed by atoms with van der Waals surface area (Å²) in [6.07, 6.45) is 7.11. The Bertz CT molecular complexity index is 959. The molecule has 4 rings (SSSR count). The van der Waals surface area contributed by atoms with Crippen LogP contribution in [0.3, 0.4) is 0 Å². The lowest BCUT2D eigenvalue weighted by atomic mass is 10.2. The number of anilines is 1. The van der Waals surface area contributed by atoms with Gasteiger partial charge in [-0.2, -0.15) is 5.10 Å². The third-order valence-electron chi connectivity index (χ3n) is 4.94. The van der Waals surface area contributed by atoms with E-state index in [0.29, 0.717) is 18.7 Å². The molecule has 0 aliphatic carbocycles. The van der Waals surface area contributed by atoms with Crippen LogP contribution >= 0.6 is 0 Å². The monoisotopic (exact) mass is 379 g/mol. The molecule has 8 heteroatoms. The average Bonchev–Trinajstić information content (AvgIpc) is 3.21. The SMILES string of the molecule is Cc1ccn(-c2ccccc2NC(=O)NCCc2nnc3n2CCCCC3)n1. The maximum atomic E-state index is 12.4. The molecule has 1 aromatic carbocycles. The topological polar surface area (TPSA) is 89.7 Å². The van der Waals surface area contributed by atoms with Gasteiger partial charge in [-0.1, -0.05) is 18.6 Å². The Morgan fingerprint density at radius 2 is 2.04 bits per heavy atom. The van der Waals surface area contributed by atoms with Crippen LogP contribution < -0.4 is 10.6 Å². The van der Waals surface area contributed by atoms with Gasteiger partial charge >= 0.3 is 6.03 Å². The van der Waals surface area contributed by atoms with Crippen molar-refractivity contribution >= 4 is 11.7 Å². The Morgan fingerprint density at radius 3 is 2.89 bits per heavy atom. The number of hydrogen-bond donors (Lipinski definition) is 2. The van der Waals surface area contributed by atoms with Crippen LogP contribution in [0.25, 0.3) is 5.69 Å². The van der Waals surface area contributed by atoms with Gasteiger partial charge in [0.1, 0.15) is 11.6 Å². The summed E-state index contributed by atoms with van der Waals surface area (Å²) >= 11 is 0. The van der Waals surface area contributed by atoms with E-state index in [9.17, 15) is 4.79 Å². The first kappa shape index (κ1) is 18.2. The summed E-state index contributed by atoms with van der Waals surface area (Å²) < 4.78 is 3.97. The number of carbonyl (C=O) groups is 1. The molecule has 3 heterocycles. The van der Waals surface area contributed by atoms with Crippen LogP contribution in [-0.2, 0) is 19.4 Å². The van der Waals surface area contributed by atoms with Crippen molar-refractivity contribution in [1.29, 1.82) is 0 Å². The highest BCUT2D eigenvalue weighted by Gasteiger charge is 2.15. The van der Waals surface area contributed by atoms with Crippen molar-refractivity contribution in [2.45, 2.75) is 45.6 Å². The number of fused-ring (bicyclic) bond motifs is 1.